The summed E-state index contributed by atoms with van der Waals surface area (Å²) in [5.74, 6) is 0. The van der Waals surface area contributed by atoms with Crippen molar-refractivity contribution < 1.29 is 0 Å². The molecule has 0 aliphatic rings. The Morgan fingerprint density at radius 3 is 3.08 bits per heavy atom. The molecule has 0 fully saturated rings. The number of nitrogens with zero attached hydrogens (tertiary/aromatic N) is 2. The zero-order valence-electron chi connectivity index (χ0n) is 6.93. The van der Waals surface area contributed by atoms with Gasteiger partial charge in [0.1, 0.15) is 11.2 Å². The van der Waals surface area contributed by atoms with Gasteiger partial charge in [0.2, 0.25) is 0 Å². The molecule has 0 bridgehead atoms. The van der Waals surface area contributed by atoms with Crippen molar-refractivity contribution in [1.29, 1.82) is 5.53 Å². The number of H-pyrrole nitrogens is 1. The molecule has 0 saturated carbocycles. The Balaban J connectivity index is 2.95. The first kappa shape index (κ1) is 8.37. The first-order chi connectivity index (χ1) is 6.24. The maximum Gasteiger partial charge on any atom is 0.117 e. The topological polar surface area (TPSA) is 64.9 Å². The minimum Gasteiger partial charge on any atom is -0.344 e. The molecule has 0 spiro atoms. The Hall–Kier alpha value is -1.23. The number of hydrogen-bond acceptors (Lipinski definition) is 3. The van der Waals surface area contributed by atoms with Crippen molar-refractivity contribution >= 4 is 32.7 Å². The third-order valence-corrected chi connectivity index (χ3v) is 2.81. The molecule has 0 radical (unpaired) electrons. The maximum absolute atomic E-state index is 7.05. The van der Waals surface area contributed by atoms with Crippen LogP contribution in [0.5, 0.6) is 0 Å². The lowest BCUT2D eigenvalue weighted by molar-refractivity contribution is 1.13. The van der Waals surface area contributed by atoms with Gasteiger partial charge in [-0.1, -0.05) is 15.9 Å². The fourth-order valence-corrected chi connectivity index (χ4v) is 1.68. The summed E-state index contributed by atoms with van der Waals surface area (Å²) >= 11 is 3.40. The van der Waals surface area contributed by atoms with Crippen LogP contribution in [0.4, 0.5) is 5.69 Å². The van der Waals surface area contributed by atoms with Crippen molar-refractivity contribution in [1.82, 2.24) is 9.97 Å². The van der Waals surface area contributed by atoms with E-state index in [-0.39, 0.29) is 0 Å². The van der Waals surface area contributed by atoms with Gasteiger partial charge in [0.15, 0.2) is 0 Å². The summed E-state index contributed by atoms with van der Waals surface area (Å²) in [4.78, 5) is 7.08. The lowest BCUT2D eigenvalue weighted by atomic mass is 10.2. The summed E-state index contributed by atoms with van der Waals surface area (Å²) in [6.45, 7) is 1.91. The molecule has 4 nitrogen and oxygen atoms in total. The lowest BCUT2D eigenvalue weighted by Crippen LogP contribution is -1.79. The van der Waals surface area contributed by atoms with E-state index < -0.39 is 0 Å². The zero-order chi connectivity index (χ0) is 9.42. The Morgan fingerprint density at radius 2 is 2.38 bits per heavy atom. The van der Waals surface area contributed by atoms with E-state index in [1.807, 2.05) is 13.0 Å². The normalized spacial score (nSPS) is 10.6. The van der Waals surface area contributed by atoms with Crippen LogP contribution in [-0.4, -0.2) is 9.97 Å². The summed E-state index contributed by atoms with van der Waals surface area (Å²) in [6, 6.07) is 1.94. The van der Waals surface area contributed by atoms with Crippen molar-refractivity contribution in [2.45, 2.75) is 6.92 Å². The summed E-state index contributed by atoms with van der Waals surface area (Å²) in [6.07, 6.45) is 1.60. The standard InChI is InChI=1S/C8H7BrN4/c1-4-5(9)2-6-8(7(4)13-10)12-3-11-6/h2-3,10H,1H3,(H,11,12). The van der Waals surface area contributed by atoms with E-state index in [0.717, 1.165) is 21.1 Å². The molecule has 0 amide bonds. The number of hydrogen-bond donors (Lipinski definition) is 2. The molecule has 13 heavy (non-hydrogen) atoms. The van der Waals surface area contributed by atoms with Crippen LogP contribution < -0.4 is 0 Å². The Labute approximate surface area is 83.0 Å². The number of aromatic amines is 1. The van der Waals surface area contributed by atoms with Gasteiger partial charge in [-0.2, -0.15) is 5.11 Å². The number of rotatable bonds is 1. The molecular formula is C8H7BrN4. The highest BCUT2D eigenvalue weighted by Gasteiger charge is 2.09. The molecule has 0 unspecified atom stereocenters. The number of fused-ring (bicyclic) bond motifs is 1. The fourth-order valence-electron chi connectivity index (χ4n) is 1.27. The SMILES string of the molecule is Cc1c(Br)cc2[nH]cnc2c1N=N. The van der Waals surface area contributed by atoms with Crippen molar-refractivity contribution in [3.63, 3.8) is 0 Å². The van der Waals surface area contributed by atoms with Crippen LogP contribution in [-0.2, 0) is 0 Å². The Kier molecular flexibility index (Phi) is 1.88. The molecule has 0 aliphatic heterocycles. The first-order valence-corrected chi connectivity index (χ1v) is 4.53. The molecule has 0 aliphatic carbocycles. The quantitative estimate of drug-likeness (QED) is 0.736. The molecule has 1 aromatic heterocycles. The molecule has 2 rings (SSSR count). The second kappa shape index (κ2) is 2.92. The van der Waals surface area contributed by atoms with Gasteiger partial charge in [-0.25, -0.2) is 10.5 Å². The third-order valence-electron chi connectivity index (χ3n) is 1.99. The average Bonchev–Trinajstić information content (AvgIpc) is 2.54. The predicted molar refractivity (Wildman–Crippen MR) is 53.3 cm³/mol. The summed E-state index contributed by atoms with van der Waals surface area (Å²) in [5.41, 5.74) is 10.2. The highest BCUT2D eigenvalue weighted by molar-refractivity contribution is 9.10. The first-order valence-electron chi connectivity index (χ1n) is 3.73. The van der Waals surface area contributed by atoms with Crippen molar-refractivity contribution in [3.05, 3.63) is 22.4 Å². The van der Waals surface area contributed by atoms with Crippen LogP contribution in [0.1, 0.15) is 5.56 Å². The molecular weight excluding hydrogens is 232 g/mol. The van der Waals surface area contributed by atoms with Crippen LogP contribution in [0.2, 0.25) is 0 Å². The van der Waals surface area contributed by atoms with Crippen molar-refractivity contribution in [2.75, 3.05) is 0 Å². The molecule has 5 heteroatoms. The predicted octanol–water partition coefficient (Wildman–Crippen LogP) is 3.30. The van der Waals surface area contributed by atoms with E-state index in [2.05, 4.69) is 31.0 Å². The van der Waals surface area contributed by atoms with Crippen LogP contribution in [0.15, 0.2) is 22.0 Å². The van der Waals surface area contributed by atoms with Gasteiger partial charge >= 0.3 is 0 Å². The molecule has 2 N–H and O–H groups in total. The number of nitrogens with one attached hydrogen (secondary N) is 2. The second-order valence-corrected chi connectivity index (χ2v) is 3.60. The van der Waals surface area contributed by atoms with Crippen LogP contribution in [0.3, 0.4) is 0 Å². The van der Waals surface area contributed by atoms with Gasteiger partial charge in [-0.05, 0) is 18.6 Å². The Bertz CT molecular complexity index is 474. The van der Waals surface area contributed by atoms with E-state index in [1.54, 1.807) is 6.33 Å². The molecule has 66 valence electrons. The average molecular weight is 239 g/mol. The highest BCUT2D eigenvalue weighted by atomic mass is 79.9. The van der Waals surface area contributed by atoms with Gasteiger partial charge in [0.05, 0.1) is 11.8 Å². The van der Waals surface area contributed by atoms with Gasteiger partial charge in [-0.3, -0.25) is 0 Å². The molecule has 0 saturated heterocycles. The van der Waals surface area contributed by atoms with Crippen LogP contribution in [0, 0.1) is 12.5 Å². The van der Waals surface area contributed by atoms with E-state index in [1.165, 1.54) is 0 Å². The minimum atomic E-state index is 0.616. The lowest BCUT2D eigenvalue weighted by Gasteiger charge is -2.01. The smallest absolute Gasteiger partial charge is 0.117 e. The van der Waals surface area contributed by atoms with Crippen molar-refractivity contribution in [3.8, 4) is 0 Å². The van der Waals surface area contributed by atoms with E-state index in [4.69, 9.17) is 5.53 Å². The van der Waals surface area contributed by atoms with E-state index >= 15 is 0 Å². The van der Waals surface area contributed by atoms with Crippen LogP contribution in [0.25, 0.3) is 11.0 Å². The summed E-state index contributed by atoms with van der Waals surface area (Å²) in [7, 11) is 0. The summed E-state index contributed by atoms with van der Waals surface area (Å²) in [5, 5.41) is 3.47. The largest absolute Gasteiger partial charge is 0.344 e. The third kappa shape index (κ3) is 1.16. The number of benzene rings is 1. The second-order valence-electron chi connectivity index (χ2n) is 2.74. The van der Waals surface area contributed by atoms with E-state index in [0.29, 0.717) is 5.69 Å². The summed E-state index contributed by atoms with van der Waals surface area (Å²) < 4.78 is 0.940. The monoisotopic (exact) mass is 238 g/mol. The fraction of sp³-hybridized carbons (Fsp3) is 0.125. The minimum absolute atomic E-state index is 0.616. The molecule has 1 heterocycles. The molecule has 2 aromatic rings. The van der Waals surface area contributed by atoms with Gasteiger partial charge in [0, 0.05) is 4.47 Å². The van der Waals surface area contributed by atoms with Crippen LogP contribution >= 0.6 is 15.9 Å². The number of halogens is 1. The number of aromatic nitrogens is 2. The zero-order valence-corrected chi connectivity index (χ0v) is 8.51. The Morgan fingerprint density at radius 1 is 1.62 bits per heavy atom. The van der Waals surface area contributed by atoms with Gasteiger partial charge < -0.3 is 4.98 Å². The van der Waals surface area contributed by atoms with Gasteiger partial charge in [-0.15, -0.1) is 0 Å². The maximum atomic E-state index is 7.05. The number of imidazole rings is 1. The molecule has 0 atom stereocenters. The highest BCUT2D eigenvalue weighted by Crippen LogP contribution is 2.32. The van der Waals surface area contributed by atoms with Gasteiger partial charge in [0.25, 0.3) is 0 Å². The molecule has 1 aromatic carbocycles. The van der Waals surface area contributed by atoms with Crippen molar-refractivity contribution in [2.24, 2.45) is 5.11 Å². The van der Waals surface area contributed by atoms with E-state index in [9.17, 15) is 0 Å².